The second-order valence-corrected chi connectivity index (χ2v) is 3.56. The Kier molecular flexibility index (Phi) is 4.56. The topological polar surface area (TPSA) is 18.5 Å². The van der Waals surface area contributed by atoms with Crippen molar-refractivity contribution in [3.63, 3.8) is 0 Å². The molecule has 1 aromatic carbocycles. The van der Waals surface area contributed by atoms with Crippen molar-refractivity contribution < 1.29 is 13.9 Å². The van der Waals surface area contributed by atoms with Crippen LogP contribution in [0.1, 0.15) is 17.5 Å². The number of rotatable bonds is 5. The highest BCUT2D eigenvalue weighted by Gasteiger charge is 2.04. The van der Waals surface area contributed by atoms with Gasteiger partial charge in [-0.15, -0.1) is 0 Å². The van der Waals surface area contributed by atoms with Gasteiger partial charge in [0.25, 0.3) is 0 Å². The zero-order valence-corrected chi connectivity index (χ0v) is 9.47. The summed E-state index contributed by atoms with van der Waals surface area (Å²) in [6.07, 6.45) is 0.840. The maximum absolute atomic E-state index is 13.1. The maximum atomic E-state index is 13.1. The molecule has 0 heterocycles. The van der Waals surface area contributed by atoms with Crippen molar-refractivity contribution in [2.75, 3.05) is 20.3 Å². The maximum Gasteiger partial charge on any atom is 0.126 e. The van der Waals surface area contributed by atoms with E-state index in [0.29, 0.717) is 18.8 Å². The van der Waals surface area contributed by atoms with E-state index < -0.39 is 0 Å². The summed E-state index contributed by atoms with van der Waals surface area (Å²) in [7, 11) is 1.66. The van der Waals surface area contributed by atoms with Gasteiger partial charge in [0.2, 0.25) is 0 Å². The van der Waals surface area contributed by atoms with E-state index >= 15 is 0 Å². The summed E-state index contributed by atoms with van der Waals surface area (Å²) in [5.41, 5.74) is 1.44. The molecule has 0 aliphatic carbocycles. The molecule has 2 nitrogen and oxygen atoms in total. The van der Waals surface area contributed by atoms with Crippen molar-refractivity contribution in [2.24, 2.45) is 0 Å². The molecule has 0 spiro atoms. The summed E-state index contributed by atoms with van der Waals surface area (Å²) < 4.78 is 23.6. The zero-order chi connectivity index (χ0) is 11.3. The number of methoxy groups -OCH3 is 1. The van der Waals surface area contributed by atoms with Crippen LogP contribution in [0.3, 0.4) is 0 Å². The summed E-state index contributed by atoms with van der Waals surface area (Å²) >= 11 is 0. The second-order valence-electron chi connectivity index (χ2n) is 3.56. The van der Waals surface area contributed by atoms with Crippen LogP contribution in [0.4, 0.5) is 4.39 Å². The standard InChI is InChI=1S/C12H17FO2/c1-9-8-12(10(2)7-11(9)13)15-6-4-5-14-3/h7-8H,4-6H2,1-3H3. The Morgan fingerprint density at radius 3 is 2.53 bits per heavy atom. The van der Waals surface area contributed by atoms with Crippen LogP contribution in [0, 0.1) is 19.7 Å². The molecule has 0 bridgehead atoms. The Balaban J connectivity index is 2.57. The minimum atomic E-state index is -0.184. The fraction of sp³-hybridized carbons (Fsp3) is 0.500. The van der Waals surface area contributed by atoms with Gasteiger partial charge in [-0.1, -0.05) is 0 Å². The molecule has 0 saturated carbocycles. The lowest BCUT2D eigenvalue weighted by molar-refractivity contribution is 0.172. The SMILES string of the molecule is COCCCOc1cc(C)c(F)cc1C. The van der Waals surface area contributed by atoms with Gasteiger partial charge in [0.15, 0.2) is 0 Å². The van der Waals surface area contributed by atoms with E-state index in [1.807, 2.05) is 6.92 Å². The molecule has 1 rings (SSSR count). The fourth-order valence-corrected chi connectivity index (χ4v) is 1.30. The number of aryl methyl sites for hydroxylation is 2. The third-order valence-corrected chi connectivity index (χ3v) is 2.21. The second kappa shape index (κ2) is 5.71. The molecule has 0 N–H and O–H groups in total. The Morgan fingerprint density at radius 2 is 1.87 bits per heavy atom. The summed E-state index contributed by atoms with van der Waals surface area (Å²) in [5, 5.41) is 0. The average Bonchev–Trinajstić information content (AvgIpc) is 2.20. The molecule has 1 aromatic rings. The molecule has 0 amide bonds. The van der Waals surface area contributed by atoms with E-state index in [4.69, 9.17) is 9.47 Å². The largest absolute Gasteiger partial charge is 0.493 e. The lowest BCUT2D eigenvalue weighted by atomic mass is 10.1. The minimum Gasteiger partial charge on any atom is -0.493 e. The van der Waals surface area contributed by atoms with E-state index in [2.05, 4.69) is 0 Å². The summed E-state index contributed by atoms with van der Waals surface area (Å²) in [6, 6.07) is 3.23. The molecule has 0 radical (unpaired) electrons. The third-order valence-electron chi connectivity index (χ3n) is 2.21. The number of hydrogen-bond donors (Lipinski definition) is 0. The van der Waals surface area contributed by atoms with Crippen LogP contribution < -0.4 is 4.74 Å². The Morgan fingerprint density at radius 1 is 1.13 bits per heavy atom. The first-order chi connectivity index (χ1) is 7.15. The highest BCUT2D eigenvalue weighted by molar-refractivity contribution is 5.36. The number of benzene rings is 1. The minimum absolute atomic E-state index is 0.184. The van der Waals surface area contributed by atoms with Crippen LogP contribution in [0.2, 0.25) is 0 Å². The van der Waals surface area contributed by atoms with E-state index in [9.17, 15) is 4.39 Å². The highest BCUT2D eigenvalue weighted by Crippen LogP contribution is 2.21. The van der Waals surface area contributed by atoms with Gasteiger partial charge in [-0.05, 0) is 37.1 Å². The van der Waals surface area contributed by atoms with Crippen molar-refractivity contribution in [2.45, 2.75) is 20.3 Å². The van der Waals surface area contributed by atoms with Crippen molar-refractivity contribution in [1.29, 1.82) is 0 Å². The Hall–Kier alpha value is -1.09. The van der Waals surface area contributed by atoms with Gasteiger partial charge >= 0.3 is 0 Å². The van der Waals surface area contributed by atoms with Crippen molar-refractivity contribution in [3.05, 3.63) is 29.1 Å². The summed E-state index contributed by atoms with van der Waals surface area (Å²) in [4.78, 5) is 0. The van der Waals surface area contributed by atoms with Gasteiger partial charge in [-0.3, -0.25) is 0 Å². The van der Waals surface area contributed by atoms with Crippen LogP contribution in [-0.2, 0) is 4.74 Å². The van der Waals surface area contributed by atoms with Crippen LogP contribution in [0.25, 0.3) is 0 Å². The van der Waals surface area contributed by atoms with Crippen molar-refractivity contribution in [3.8, 4) is 5.75 Å². The Labute approximate surface area is 90.0 Å². The molecule has 84 valence electrons. The van der Waals surface area contributed by atoms with Crippen LogP contribution in [0.5, 0.6) is 5.75 Å². The quantitative estimate of drug-likeness (QED) is 0.699. The van der Waals surface area contributed by atoms with E-state index in [0.717, 1.165) is 17.7 Å². The molecular formula is C12H17FO2. The predicted octanol–water partition coefficient (Wildman–Crippen LogP) is 2.86. The average molecular weight is 212 g/mol. The van der Waals surface area contributed by atoms with E-state index in [1.165, 1.54) is 6.07 Å². The first-order valence-electron chi connectivity index (χ1n) is 5.03. The van der Waals surface area contributed by atoms with E-state index in [-0.39, 0.29) is 5.82 Å². The van der Waals surface area contributed by atoms with Crippen molar-refractivity contribution in [1.82, 2.24) is 0 Å². The van der Waals surface area contributed by atoms with Crippen molar-refractivity contribution >= 4 is 0 Å². The lowest BCUT2D eigenvalue weighted by Crippen LogP contribution is -2.03. The Bertz CT molecular complexity index is 324. The number of halogens is 1. The number of ether oxygens (including phenoxy) is 2. The van der Waals surface area contributed by atoms with Crippen LogP contribution >= 0.6 is 0 Å². The molecule has 0 aliphatic rings. The third kappa shape index (κ3) is 3.51. The molecule has 3 heteroatoms. The van der Waals surface area contributed by atoms with Gasteiger partial charge in [0.05, 0.1) is 6.61 Å². The molecule has 0 fully saturated rings. The molecule has 0 atom stereocenters. The highest BCUT2D eigenvalue weighted by atomic mass is 19.1. The molecule has 0 aromatic heterocycles. The van der Waals surface area contributed by atoms with E-state index in [1.54, 1.807) is 20.1 Å². The molecule has 0 unspecified atom stereocenters. The zero-order valence-electron chi connectivity index (χ0n) is 9.47. The predicted molar refractivity (Wildman–Crippen MR) is 57.9 cm³/mol. The first-order valence-corrected chi connectivity index (χ1v) is 5.03. The van der Waals surface area contributed by atoms with Crippen LogP contribution in [0.15, 0.2) is 12.1 Å². The molecule has 0 aliphatic heterocycles. The smallest absolute Gasteiger partial charge is 0.126 e. The van der Waals surface area contributed by atoms with Gasteiger partial charge in [-0.2, -0.15) is 0 Å². The summed E-state index contributed by atoms with van der Waals surface area (Å²) in [6.45, 7) is 4.85. The normalized spacial score (nSPS) is 10.4. The van der Waals surface area contributed by atoms with Gasteiger partial charge in [-0.25, -0.2) is 4.39 Å². The summed E-state index contributed by atoms with van der Waals surface area (Å²) in [5.74, 6) is 0.571. The monoisotopic (exact) mass is 212 g/mol. The molecule has 15 heavy (non-hydrogen) atoms. The van der Waals surface area contributed by atoms with Gasteiger partial charge in [0, 0.05) is 20.1 Å². The van der Waals surface area contributed by atoms with Gasteiger partial charge in [0.1, 0.15) is 11.6 Å². The fourth-order valence-electron chi connectivity index (χ4n) is 1.30. The van der Waals surface area contributed by atoms with Crippen LogP contribution in [-0.4, -0.2) is 20.3 Å². The number of hydrogen-bond acceptors (Lipinski definition) is 2. The molecular weight excluding hydrogens is 195 g/mol. The lowest BCUT2D eigenvalue weighted by Gasteiger charge is -2.10. The first kappa shape index (κ1) is 12.0. The van der Waals surface area contributed by atoms with Gasteiger partial charge < -0.3 is 9.47 Å². The molecule has 0 saturated heterocycles.